The molecule has 0 spiro atoms. The van der Waals surface area contributed by atoms with Crippen LogP contribution in [0.4, 0.5) is 0 Å². The molecule has 0 bridgehead atoms. The summed E-state index contributed by atoms with van der Waals surface area (Å²) in [5.41, 5.74) is 3.12. The largest absolute Gasteiger partial charge is 0.473 e. The van der Waals surface area contributed by atoms with Crippen LogP contribution in [0.15, 0.2) is 42.5 Å². The number of benzene rings is 1. The second-order valence-electron chi connectivity index (χ2n) is 7.92. The smallest absolute Gasteiger partial charge is 0.124 e. The van der Waals surface area contributed by atoms with Gasteiger partial charge in [0, 0.05) is 21.6 Å². The summed E-state index contributed by atoms with van der Waals surface area (Å²) in [7, 11) is -0.627. The Hall–Kier alpha value is -1.40. The van der Waals surface area contributed by atoms with E-state index < -0.39 is 8.15 Å². The Morgan fingerprint density at radius 3 is 2.04 bits per heavy atom. The first-order chi connectivity index (χ1) is 10.6. The van der Waals surface area contributed by atoms with Gasteiger partial charge < -0.3 is 4.52 Å². The van der Waals surface area contributed by atoms with Crippen molar-refractivity contribution in [2.45, 2.75) is 58.8 Å². The van der Waals surface area contributed by atoms with E-state index in [-0.39, 0.29) is 10.3 Å². The number of hydrogen-bond acceptors (Lipinski definition) is 2. The molecule has 1 heterocycles. The summed E-state index contributed by atoms with van der Waals surface area (Å²) in [5, 5.41) is 0.260. The van der Waals surface area contributed by atoms with E-state index in [0.29, 0.717) is 0 Å². The van der Waals surface area contributed by atoms with E-state index >= 15 is 0 Å². The SMILES string of the molecule is Cc1cccc(-c2cccc(OP(C(C)(C)C)C(C)(C)C)c2)n1. The van der Waals surface area contributed by atoms with E-state index in [9.17, 15) is 0 Å². The van der Waals surface area contributed by atoms with E-state index in [0.717, 1.165) is 22.7 Å². The van der Waals surface area contributed by atoms with Crippen LogP contribution in [0, 0.1) is 6.92 Å². The van der Waals surface area contributed by atoms with Gasteiger partial charge in [-0.3, -0.25) is 4.98 Å². The van der Waals surface area contributed by atoms with Crippen molar-refractivity contribution >= 4 is 8.15 Å². The van der Waals surface area contributed by atoms with E-state index in [2.05, 4.69) is 58.7 Å². The molecule has 0 unspecified atom stereocenters. The lowest BCUT2D eigenvalue weighted by Gasteiger charge is -2.39. The Morgan fingerprint density at radius 1 is 0.870 bits per heavy atom. The molecule has 3 heteroatoms. The highest BCUT2D eigenvalue weighted by Crippen LogP contribution is 2.59. The standard InChI is InChI=1S/C20H28NOP/c1-15-10-8-13-18(21-15)16-11-9-12-17(14-16)22-23(19(2,3)4)20(5,6)7/h8-14H,1-7H3. The van der Waals surface area contributed by atoms with Gasteiger partial charge in [-0.15, -0.1) is 0 Å². The van der Waals surface area contributed by atoms with E-state index in [4.69, 9.17) is 4.52 Å². The molecule has 0 aliphatic heterocycles. The first-order valence-corrected chi connectivity index (χ1v) is 9.36. The quantitative estimate of drug-likeness (QED) is 0.605. The molecule has 0 radical (unpaired) electrons. The maximum absolute atomic E-state index is 6.47. The van der Waals surface area contributed by atoms with Crippen LogP contribution in [-0.2, 0) is 0 Å². The number of pyridine rings is 1. The van der Waals surface area contributed by atoms with Gasteiger partial charge in [0.2, 0.25) is 0 Å². The summed E-state index contributed by atoms with van der Waals surface area (Å²) in [4.78, 5) is 4.61. The van der Waals surface area contributed by atoms with Crippen LogP contribution in [-0.4, -0.2) is 15.3 Å². The molecule has 124 valence electrons. The van der Waals surface area contributed by atoms with Crippen LogP contribution in [0.1, 0.15) is 47.2 Å². The molecule has 0 fully saturated rings. The Balaban J connectivity index is 2.33. The zero-order valence-electron chi connectivity index (χ0n) is 15.3. The van der Waals surface area contributed by atoms with Gasteiger partial charge in [0.15, 0.2) is 0 Å². The van der Waals surface area contributed by atoms with Gasteiger partial charge in [-0.25, -0.2) is 0 Å². The van der Waals surface area contributed by atoms with Crippen molar-refractivity contribution < 1.29 is 4.52 Å². The zero-order chi connectivity index (χ0) is 17.3. The minimum Gasteiger partial charge on any atom is -0.473 e. The molecular formula is C20H28NOP. The molecule has 2 nitrogen and oxygen atoms in total. The Labute approximate surface area is 142 Å². The van der Waals surface area contributed by atoms with Crippen LogP contribution in [0.3, 0.4) is 0 Å². The molecule has 2 rings (SSSR count). The number of rotatable bonds is 3. The lowest BCUT2D eigenvalue weighted by Crippen LogP contribution is -2.27. The van der Waals surface area contributed by atoms with Crippen molar-refractivity contribution in [3.05, 3.63) is 48.2 Å². The van der Waals surface area contributed by atoms with Crippen LogP contribution >= 0.6 is 8.15 Å². The molecule has 1 aromatic carbocycles. The van der Waals surface area contributed by atoms with Gasteiger partial charge in [-0.1, -0.05) is 59.7 Å². The van der Waals surface area contributed by atoms with E-state index in [1.54, 1.807) is 0 Å². The van der Waals surface area contributed by atoms with Crippen molar-refractivity contribution in [2.75, 3.05) is 0 Å². The number of hydrogen-bond donors (Lipinski definition) is 0. The molecule has 0 atom stereocenters. The highest BCUT2D eigenvalue weighted by Gasteiger charge is 2.37. The molecule has 0 N–H and O–H groups in total. The first-order valence-electron chi connectivity index (χ1n) is 8.10. The minimum atomic E-state index is -0.627. The van der Waals surface area contributed by atoms with Crippen LogP contribution in [0.5, 0.6) is 5.75 Å². The molecule has 2 aromatic rings. The van der Waals surface area contributed by atoms with Crippen molar-refractivity contribution in [1.82, 2.24) is 4.98 Å². The summed E-state index contributed by atoms with van der Waals surface area (Å²) in [6.07, 6.45) is 0. The van der Waals surface area contributed by atoms with Gasteiger partial charge in [0.1, 0.15) is 5.75 Å². The van der Waals surface area contributed by atoms with Crippen LogP contribution < -0.4 is 4.52 Å². The highest BCUT2D eigenvalue weighted by molar-refractivity contribution is 7.56. The normalized spacial score (nSPS) is 12.5. The van der Waals surface area contributed by atoms with Gasteiger partial charge >= 0.3 is 0 Å². The third kappa shape index (κ3) is 4.78. The Kier molecular flexibility index (Phi) is 5.16. The van der Waals surface area contributed by atoms with Gasteiger partial charge in [0.05, 0.1) is 13.8 Å². The molecule has 0 amide bonds. The average Bonchev–Trinajstić information content (AvgIpc) is 2.43. The lowest BCUT2D eigenvalue weighted by molar-refractivity contribution is 0.533. The van der Waals surface area contributed by atoms with Gasteiger partial charge in [-0.2, -0.15) is 0 Å². The fraction of sp³-hybridized carbons (Fsp3) is 0.450. The summed E-state index contributed by atoms with van der Waals surface area (Å²) in [5.74, 6) is 0.932. The summed E-state index contributed by atoms with van der Waals surface area (Å²) >= 11 is 0. The van der Waals surface area contributed by atoms with E-state index in [1.165, 1.54) is 0 Å². The van der Waals surface area contributed by atoms with Gasteiger partial charge in [-0.05, 0) is 31.2 Å². The predicted octanol–water partition coefficient (Wildman–Crippen LogP) is 6.43. The molecular weight excluding hydrogens is 301 g/mol. The Morgan fingerprint density at radius 2 is 1.48 bits per heavy atom. The second kappa shape index (κ2) is 6.61. The molecule has 0 aliphatic rings. The lowest BCUT2D eigenvalue weighted by atomic mass is 10.1. The Bertz CT molecular complexity index is 654. The summed E-state index contributed by atoms with van der Waals surface area (Å²) < 4.78 is 6.47. The molecule has 0 aliphatic carbocycles. The fourth-order valence-electron chi connectivity index (χ4n) is 2.80. The third-order valence-electron chi connectivity index (χ3n) is 3.43. The van der Waals surface area contributed by atoms with Crippen molar-refractivity contribution in [3.63, 3.8) is 0 Å². The van der Waals surface area contributed by atoms with Gasteiger partial charge in [0.25, 0.3) is 0 Å². The zero-order valence-corrected chi connectivity index (χ0v) is 16.2. The van der Waals surface area contributed by atoms with Crippen LogP contribution in [0.2, 0.25) is 0 Å². The predicted molar refractivity (Wildman–Crippen MR) is 101 cm³/mol. The van der Waals surface area contributed by atoms with Crippen LogP contribution in [0.25, 0.3) is 11.3 Å². The van der Waals surface area contributed by atoms with E-state index in [1.807, 2.05) is 37.3 Å². The van der Waals surface area contributed by atoms with Crippen molar-refractivity contribution in [2.24, 2.45) is 0 Å². The number of aryl methyl sites for hydroxylation is 1. The maximum Gasteiger partial charge on any atom is 0.124 e. The molecule has 23 heavy (non-hydrogen) atoms. The topological polar surface area (TPSA) is 22.1 Å². The molecule has 0 saturated carbocycles. The summed E-state index contributed by atoms with van der Waals surface area (Å²) in [6, 6.07) is 14.4. The highest BCUT2D eigenvalue weighted by atomic mass is 31.1. The number of nitrogens with zero attached hydrogens (tertiary/aromatic N) is 1. The maximum atomic E-state index is 6.47. The average molecular weight is 329 g/mol. The van der Waals surface area contributed by atoms with Crippen molar-refractivity contribution in [1.29, 1.82) is 0 Å². The fourth-order valence-corrected chi connectivity index (χ4v) is 5.69. The monoisotopic (exact) mass is 329 g/mol. The van der Waals surface area contributed by atoms with Crippen molar-refractivity contribution in [3.8, 4) is 17.0 Å². The third-order valence-corrected chi connectivity index (χ3v) is 6.26. The summed E-state index contributed by atoms with van der Waals surface area (Å²) in [6.45, 7) is 15.6. The second-order valence-corrected chi connectivity index (χ2v) is 11.4. The molecule has 0 saturated heterocycles. The first kappa shape index (κ1) is 17.9. The minimum absolute atomic E-state index is 0.130. The number of aromatic nitrogens is 1. The molecule has 1 aromatic heterocycles.